The molecular formula is C20H19ClFNO3. The number of esters is 1. The maximum absolute atomic E-state index is 13.8. The second-order valence-corrected chi connectivity index (χ2v) is 6.75. The van der Waals surface area contributed by atoms with E-state index in [1.165, 1.54) is 18.2 Å². The Morgan fingerprint density at radius 1 is 1.27 bits per heavy atom. The lowest BCUT2D eigenvalue weighted by Crippen LogP contribution is -2.29. The Balaban J connectivity index is 1.62. The van der Waals surface area contributed by atoms with Gasteiger partial charge in [0.25, 0.3) is 0 Å². The van der Waals surface area contributed by atoms with Crippen molar-refractivity contribution in [2.45, 2.75) is 26.0 Å². The molecule has 1 aliphatic rings. The monoisotopic (exact) mass is 375 g/mol. The zero-order valence-corrected chi connectivity index (χ0v) is 15.1. The third-order valence-corrected chi connectivity index (χ3v) is 5.02. The third kappa shape index (κ3) is 3.88. The standard InChI is InChI=1S/C20H19ClFNO3/c1-13(14-6-3-2-4-7-14)23-11-15(10-19(23)24)20(25)26-12-16-17(21)8-5-9-18(16)22/h2-9,13,15H,10-12H2,1H3/t13-,15+/m1/s1. The van der Waals surface area contributed by atoms with Crippen LogP contribution in [0.4, 0.5) is 4.39 Å². The van der Waals surface area contributed by atoms with Crippen LogP contribution in [0.1, 0.15) is 30.5 Å². The van der Waals surface area contributed by atoms with Gasteiger partial charge in [-0.3, -0.25) is 9.59 Å². The fraction of sp³-hybridized carbons (Fsp3) is 0.300. The summed E-state index contributed by atoms with van der Waals surface area (Å²) in [6, 6.07) is 13.8. The summed E-state index contributed by atoms with van der Waals surface area (Å²) in [4.78, 5) is 26.3. The second kappa shape index (κ2) is 7.87. The van der Waals surface area contributed by atoms with E-state index >= 15 is 0 Å². The first-order chi connectivity index (χ1) is 12.5. The fourth-order valence-electron chi connectivity index (χ4n) is 3.11. The molecule has 1 fully saturated rings. The molecule has 6 heteroatoms. The summed E-state index contributed by atoms with van der Waals surface area (Å²) in [5.41, 5.74) is 1.15. The van der Waals surface area contributed by atoms with Crippen molar-refractivity contribution in [3.05, 3.63) is 70.5 Å². The Morgan fingerprint density at radius 3 is 2.69 bits per heavy atom. The molecule has 1 aliphatic heterocycles. The first-order valence-corrected chi connectivity index (χ1v) is 8.79. The summed E-state index contributed by atoms with van der Waals surface area (Å²) in [5, 5.41) is 0.208. The number of benzene rings is 2. The van der Waals surface area contributed by atoms with E-state index in [9.17, 15) is 14.0 Å². The number of hydrogen-bond acceptors (Lipinski definition) is 3. The summed E-state index contributed by atoms with van der Waals surface area (Å²) < 4.78 is 19.0. The van der Waals surface area contributed by atoms with Crippen LogP contribution in [0.2, 0.25) is 5.02 Å². The molecule has 2 atom stereocenters. The smallest absolute Gasteiger partial charge is 0.311 e. The number of ether oxygens (including phenoxy) is 1. The van der Waals surface area contributed by atoms with Crippen molar-refractivity contribution in [2.75, 3.05) is 6.54 Å². The Bertz CT molecular complexity index is 792. The van der Waals surface area contributed by atoms with Gasteiger partial charge in [0.2, 0.25) is 5.91 Å². The first kappa shape index (κ1) is 18.4. The predicted molar refractivity (Wildman–Crippen MR) is 95.9 cm³/mol. The van der Waals surface area contributed by atoms with Crippen LogP contribution >= 0.6 is 11.6 Å². The highest BCUT2D eigenvalue weighted by Gasteiger charge is 2.38. The first-order valence-electron chi connectivity index (χ1n) is 8.41. The Kier molecular flexibility index (Phi) is 5.57. The van der Waals surface area contributed by atoms with Crippen molar-refractivity contribution >= 4 is 23.5 Å². The molecule has 0 aliphatic carbocycles. The maximum Gasteiger partial charge on any atom is 0.311 e. The van der Waals surface area contributed by atoms with Crippen LogP contribution in [0.5, 0.6) is 0 Å². The summed E-state index contributed by atoms with van der Waals surface area (Å²) in [5.74, 6) is -1.68. The largest absolute Gasteiger partial charge is 0.460 e. The highest BCUT2D eigenvalue weighted by molar-refractivity contribution is 6.31. The normalized spacial score (nSPS) is 18.0. The number of amides is 1. The Morgan fingerprint density at radius 2 is 2.00 bits per heavy atom. The number of likely N-dealkylation sites (tertiary alicyclic amines) is 1. The predicted octanol–water partition coefficient (Wildman–Crippen LogP) is 4.13. The molecule has 0 aromatic heterocycles. The van der Waals surface area contributed by atoms with Crippen molar-refractivity contribution in [1.29, 1.82) is 0 Å². The van der Waals surface area contributed by atoms with Gasteiger partial charge in [-0.15, -0.1) is 0 Å². The summed E-state index contributed by atoms with van der Waals surface area (Å²) in [6.07, 6.45) is 0.0982. The second-order valence-electron chi connectivity index (χ2n) is 6.34. The lowest BCUT2D eigenvalue weighted by atomic mass is 10.1. The lowest BCUT2D eigenvalue weighted by Gasteiger charge is -2.25. The zero-order valence-electron chi connectivity index (χ0n) is 14.3. The lowest BCUT2D eigenvalue weighted by molar-refractivity contribution is -0.149. The van der Waals surface area contributed by atoms with Gasteiger partial charge in [0.15, 0.2) is 0 Å². The van der Waals surface area contributed by atoms with Gasteiger partial charge in [-0.25, -0.2) is 4.39 Å². The van der Waals surface area contributed by atoms with Gasteiger partial charge in [-0.2, -0.15) is 0 Å². The van der Waals surface area contributed by atoms with E-state index in [1.54, 1.807) is 4.90 Å². The topological polar surface area (TPSA) is 46.6 Å². The number of hydrogen-bond donors (Lipinski definition) is 0. The van der Waals surface area contributed by atoms with Gasteiger partial charge in [-0.05, 0) is 24.6 Å². The van der Waals surface area contributed by atoms with E-state index in [0.717, 1.165) is 5.56 Å². The summed E-state index contributed by atoms with van der Waals surface area (Å²) in [6.45, 7) is 1.97. The number of halogens is 2. The number of rotatable bonds is 5. The van der Waals surface area contributed by atoms with Crippen LogP contribution in [0, 0.1) is 11.7 Å². The number of carbonyl (C=O) groups is 2. The van der Waals surface area contributed by atoms with Gasteiger partial charge >= 0.3 is 5.97 Å². The Hall–Kier alpha value is -2.40. The molecule has 2 aromatic rings. The minimum Gasteiger partial charge on any atom is -0.460 e. The summed E-state index contributed by atoms with van der Waals surface area (Å²) >= 11 is 5.93. The van der Waals surface area contributed by atoms with Crippen LogP contribution < -0.4 is 0 Å². The molecule has 2 aromatic carbocycles. The molecule has 1 saturated heterocycles. The van der Waals surface area contributed by atoms with Crippen molar-refractivity contribution in [1.82, 2.24) is 4.90 Å². The van der Waals surface area contributed by atoms with Crippen LogP contribution in [-0.2, 0) is 20.9 Å². The molecule has 0 radical (unpaired) electrons. The average Bonchev–Trinajstić information content (AvgIpc) is 3.03. The van der Waals surface area contributed by atoms with E-state index in [2.05, 4.69) is 0 Å². The van der Waals surface area contributed by atoms with Crippen LogP contribution in [-0.4, -0.2) is 23.3 Å². The van der Waals surface area contributed by atoms with Gasteiger partial charge in [0.05, 0.1) is 17.0 Å². The number of carbonyl (C=O) groups excluding carboxylic acids is 2. The molecule has 136 valence electrons. The SMILES string of the molecule is C[C@H](c1ccccc1)N1C[C@@H](C(=O)OCc2c(F)cccc2Cl)CC1=O. The highest BCUT2D eigenvalue weighted by atomic mass is 35.5. The molecular weight excluding hydrogens is 357 g/mol. The van der Waals surface area contributed by atoms with Crippen LogP contribution in [0.3, 0.4) is 0 Å². The fourth-order valence-corrected chi connectivity index (χ4v) is 3.32. The van der Waals surface area contributed by atoms with Crippen LogP contribution in [0.15, 0.2) is 48.5 Å². The van der Waals surface area contributed by atoms with Crippen molar-refractivity contribution in [3.63, 3.8) is 0 Å². The van der Waals surface area contributed by atoms with E-state index in [-0.39, 0.29) is 35.6 Å². The van der Waals surface area contributed by atoms with Crippen molar-refractivity contribution in [2.24, 2.45) is 5.92 Å². The minimum absolute atomic E-state index is 0.0905. The zero-order chi connectivity index (χ0) is 18.7. The molecule has 3 rings (SSSR count). The van der Waals surface area contributed by atoms with Crippen LogP contribution in [0.25, 0.3) is 0 Å². The maximum atomic E-state index is 13.8. The summed E-state index contributed by atoms with van der Waals surface area (Å²) in [7, 11) is 0. The van der Waals surface area contributed by atoms with E-state index in [0.29, 0.717) is 6.54 Å². The average molecular weight is 376 g/mol. The number of nitrogens with zero attached hydrogens (tertiary/aromatic N) is 1. The minimum atomic E-state index is -0.556. The van der Waals surface area contributed by atoms with Crippen molar-refractivity contribution in [3.8, 4) is 0 Å². The molecule has 1 heterocycles. The van der Waals surface area contributed by atoms with Gasteiger partial charge in [0.1, 0.15) is 12.4 Å². The van der Waals surface area contributed by atoms with E-state index < -0.39 is 17.7 Å². The molecule has 26 heavy (non-hydrogen) atoms. The van der Waals surface area contributed by atoms with E-state index in [1.807, 2.05) is 37.3 Å². The third-order valence-electron chi connectivity index (χ3n) is 4.66. The Labute approximate surface area is 156 Å². The van der Waals surface area contributed by atoms with E-state index in [4.69, 9.17) is 16.3 Å². The molecule has 0 saturated carbocycles. The molecule has 0 spiro atoms. The molecule has 0 unspecified atom stereocenters. The van der Waals surface area contributed by atoms with Gasteiger partial charge < -0.3 is 9.64 Å². The van der Waals surface area contributed by atoms with Gasteiger partial charge in [-0.1, -0.05) is 48.0 Å². The quantitative estimate of drug-likeness (QED) is 0.738. The highest BCUT2D eigenvalue weighted by Crippen LogP contribution is 2.29. The molecule has 1 amide bonds. The molecule has 4 nitrogen and oxygen atoms in total. The van der Waals surface area contributed by atoms with Gasteiger partial charge in [0, 0.05) is 18.5 Å². The van der Waals surface area contributed by atoms with Crippen molar-refractivity contribution < 1.29 is 18.7 Å². The molecule has 0 N–H and O–H groups in total. The molecule has 0 bridgehead atoms.